The molecule has 3 aromatic carbocycles. The van der Waals surface area contributed by atoms with E-state index in [2.05, 4.69) is 15.3 Å². The second-order valence-electron chi connectivity index (χ2n) is 12.2. The number of carbonyl (C=O) groups is 1. The molecule has 1 aliphatic rings. The molecule has 1 aliphatic heterocycles. The topological polar surface area (TPSA) is 331 Å². The first-order chi connectivity index (χ1) is 23.8. The largest absolute Gasteiger partial charge is 0.388 e. The van der Waals surface area contributed by atoms with Crippen molar-refractivity contribution in [3.8, 4) is 22.5 Å². The Morgan fingerprint density at radius 1 is 0.922 bits per heavy atom. The van der Waals surface area contributed by atoms with Gasteiger partial charge in [-0.25, -0.2) is 21.8 Å². The molecule has 0 aliphatic carbocycles. The number of aromatic amines is 1. The number of aliphatic hydroxyl groups excluding tert-OH is 4. The molecule has 0 radical (unpaired) electrons. The van der Waals surface area contributed by atoms with Gasteiger partial charge in [-0.05, 0) is 55.8 Å². The Morgan fingerprint density at radius 3 is 2.22 bits per heavy atom. The van der Waals surface area contributed by atoms with Gasteiger partial charge in [-0.2, -0.15) is 0 Å². The molecule has 51 heavy (non-hydrogen) atoms. The zero-order valence-corrected chi connectivity index (χ0v) is 28.4. The van der Waals surface area contributed by atoms with Crippen LogP contribution >= 0.6 is 0 Å². The lowest BCUT2D eigenvalue weighted by molar-refractivity contribution is -0.280. The maximum Gasteiger partial charge on any atom is 0.263 e. The van der Waals surface area contributed by atoms with Crippen LogP contribution in [0.2, 0.25) is 0 Å². The van der Waals surface area contributed by atoms with Crippen LogP contribution in [0.5, 0.6) is 0 Å². The number of H-pyrrole nitrogens is 1. The van der Waals surface area contributed by atoms with Crippen molar-refractivity contribution in [1.29, 1.82) is 5.41 Å². The number of hydrogen-bond donors (Lipinski definition) is 12. The molecule has 5 unspecified atom stereocenters. The highest BCUT2D eigenvalue weighted by Crippen LogP contribution is 2.42. The van der Waals surface area contributed by atoms with Gasteiger partial charge in [0.1, 0.15) is 41.0 Å². The third kappa shape index (κ3) is 7.09. The van der Waals surface area contributed by atoms with E-state index < -0.39 is 78.4 Å². The predicted octanol–water partition coefficient (Wildman–Crippen LogP) is -1.29. The fourth-order valence-corrected chi connectivity index (χ4v) is 7.44. The van der Waals surface area contributed by atoms with E-state index in [1.54, 1.807) is 0 Å². The van der Waals surface area contributed by atoms with Gasteiger partial charge in [0.25, 0.3) is 20.0 Å². The first-order valence-corrected chi connectivity index (χ1v) is 17.9. The summed E-state index contributed by atoms with van der Waals surface area (Å²) < 4.78 is 58.3. The lowest BCUT2D eigenvalue weighted by Crippen LogP contribution is -2.60. The molecule has 21 heteroatoms. The van der Waals surface area contributed by atoms with Crippen LogP contribution < -0.4 is 20.8 Å². The number of nitrogens with one attached hydrogen (secondary N) is 5. The zero-order chi connectivity index (χ0) is 37.6. The summed E-state index contributed by atoms with van der Waals surface area (Å²) in [4.78, 5) is 22.5. The summed E-state index contributed by atoms with van der Waals surface area (Å²) in [7, 11) is -9.58. The molecule has 4 aromatic rings. The third-order valence-corrected chi connectivity index (χ3v) is 10.9. The van der Waals surface area contributed by atoms with Crippen molar-refractivity contribution in [2.75, 3.05) is 6.54 Å². The molecule has 1 fully saturated rings. The number of aliphatic hydroxyl groups is 4. The van der Waals surface area contributed by atoms with Crippen molar-refractivity contribution < 1.29 is 57.2 Å². The molecule has 274 valence electrons. The van der Waals surface area contributed by atoms with E-state index in [0.717, 1.165) is 6.07 Å². The molecular weight excluding hydrogens is 715 g/mol. The number of amides is 1. The summed E-state index contributed by atoms with van der Waals surface area (Å²) in [5.41, 5.74) is 4.11. The van der Waals surface area contributed by atoms with E-state index in [1.165, 1.54) is 72.1 Å². The van der Waals surface area contributed by atoms with E-state index in [9.17, 15) is 52.5 Å². The van der Waals surface area contributed by atoms with Crippen molar-refractivity contribution in [2.24, 2.45) is 5.73 Å². The monoisotopic (exact) mass is 749 g/mol. The Hall–Kier alpha value is -4.39. The van der Waals surface area contributed by atoms with Crippen molar-refractivity contribution in [1.82, 2.24) is 25.1 Å². The minimum absolute atomic E-state index is 0.0662. The van der Waals surface area contributed by atoms with Gasteiger partial charge in [-0.3, -0.25) is 10.2 Å². The Labute approximate surface area is 290 Å². The number of ether oxygens (including phenoxy) is 1. The summed E-state index contributed by atoms with van der Waals surface area (Å²) in [6.07, 6.45) is -8.51. The molecule has 13 N–H and O–H groups in total. The van der Waals surface area contributed by atoms with Gasteiger partial charge in [-0.1, -0.05) is 28.0 Å². The average Bonchev–Trinajstić information content (AvgIpc) is 3.54. The third-order valence-electron chi connectivity index (χ3n) is 8.55. The number of fused-ring (bicyclic) bond motifs is 1. The average molecular weight is 750 g/mol. The molecule has 0 saturated carbocycles. The van der Waals surface area contributed by atoms with Crippen LogP contribution in [0.25, 0.3) is 33.5 Å². The SMILES string of the molecule is CC(C)(C(=O)NCC1OC(O)C(O)C(O)C1O)c1cc(-c2nc3cc(C(=N)N)ccc3[nH]2)c(S(=O)(=O)NO)c(-c2ccccc2S(=O)(=O)NO)c1. The first kappa shape index (κ1) is 37.9. The molecule has 19 nitrogen and oxygen atoms in total. The van der Waals surface area contributed by atoms with Crippen molar-refractivity contribution in [3.63, 3.8) is 0 Å². The van der Waals surface area contributed by atoms with Crippen molar-refractivity contribution in [3.05, 3.63) is 65.7 Å². The summed E-state index contributed by atoms with van der Waals surface area (Å²) in [5.74, 6) is -1.15. The highest BCUT2D eigenvalue weighted by molar-refractivity contribution is 7.90. The quantitative estimate of drug-likeness (QED) is 0.0482. The molecule has 5 atom stereocenters. The number of nitrogen functional groups attached to an aromatic ring is 1. The molecule has 1 saturated heterocycles. The lowest BCUT2D eigenvalue weighted by atomic mass is 9.81. The standard InChI is InChI=1S/C30H35N7O12S2/c1-30(2,29(42)33-12-20-22(38)23(39)24(40)28(41)49-20)14-10-16(15-5-3-4-6-21(15)50(45,46)36-43)25(51(47,48)37-44)17(11-14)27-34-18-8-7-13(26(31)32)9-19(18)35-27/h3-11,20,22-24,28,36-41,43-44H,12H2,1-2H3,(H3,31,32)(H,33,42)(H,34,35). The summed E-state index contributed by atoms with van der Waals surface area (Å²) >= 11 is 0. The summed E-state index contributed by atoms with van der Waals surface area (Å²) in [6.45, 7) is 2.41. The maximum absolute atomic E-state index is 13.8. The molecule has 5 rings (SSSR count). The van der Waals surface area contributed by atoms with Crippen LogP contribution in [0.1, 0.15) is 25.0 Å². The fourth-order valence-electron chi connectivity index (χ4n) is 5.62. The molecule has 2 heterocycles. The van der Waals surface area contributed by atoms with Gasteiger partial charge in [-0.15, -0.1) is 0 Å². The number of benzene rings is 3. The molecule has 0 bridgehead atoms. The first-order valence-electron chi connectivity index (χ1n) is 14.9. The van der Waals surface area contributed by atoms with E-state index in [0.29, 0.717) is 11.1 Å². The number of sulfonamides is 2. The fraction of sp³-hybridized carbons (Fsp3) is 0.300. The van der Waals surface area contributed by atoms with Crippen molar-refractivity contribution >= 4 is 42.8 Å². The van der Waals surface area contributed by atoms with E-state index in [-0.39, 0.29) is 39.4 Å². The number of aromatic nitrogens is 2. The smallest absolute Gasteiger partial charge is 0.263 e. The van der Waals surface area contributed by atoms with Crippen LogP contribution in [-0.2, 0) is 35.0 Å². The predicted molar refractivity (Wildman–Crippen MR) is 177 cm³/mol. The number of rotatable bonds is 11. The molecular formula is C30H35N7O12S2. The minimum Gasteiger partial charge on any atom is -0.388 e. The molecule has 1 aromatic heterocycles. The van der Waals surface area contributed by atoms with Crippen LogP contribution in [0.15, 0.2) is 64.4 Å². The highest BCUT2D eigenvalue weighted by Gasteiger charge is 2.44. The van der Waals surface area contributed by atoms with Crippen LogP contribution in [0.3, 0.4) is 0 Å². The van der Waals surface area contributed by atoms with Gasteiger partial charge < -0.3 is 51.6 Å². The Balaban J connectivity index is 1.74. The Morgan fingerprint density at radius 2 is 1.57 bits per heavy atom. The Kier molecular flexibility index (Phi) is 10.4. The van der Waals surface area contributed by atoms with E-state index in [4.69, 9.17) is 15.9 Å². The lowest BCUT2D eigenvalue weighted by Gasteiger charge is -2.38. The number of hydrogen-bond acceptors (Lipinski definition) is 14. The van der Waals surface area contributed by atoms with Crippen LogP contribution in [-0.4, -0.2) is 107 Å². The second-order valence-corrected chi connectivity index (χ2v) is 15.4. The molecule has 0 spiro atoms. The minimum atomic E-state index is -4.91. The van der Waals surface area contributed by atoms with Crippen molar-refractivity contribution in [2.45, 2.75) is 59.8 Å². The zero-order valence-electron chi connectivity index (χ0n) is 26.8. The maximum atomic E-state index is 13.8. The molecule has 1 amide bonds. The normalized spacial score (nSPS) is 21.5. The van der Waals surface area contributed by atoms with Gasteiger partial charge in [0.2, 0.25) is 5.91 Å². The van der Waals surface area contributed by atoms with Gasteiger partial charge >= 0.3 is 0 Å². The number of carbonyl (C=O) groups excluding carboxylic acids is 1. The van der Waals surface area contributed by atoms with E-state index >= 15 is 0 Å². The van der Waals surface area contributed by atoms with Crippen LogP contribution in [0.4, 0.5) is 0 Å². The van der Waals surface area contributed by atoms with Crippen LogP contribution in [0, 0.1) is 5.41 Å². The summed E-state index contributed by atoms with van der Waals surface area (Å²) in [5, 5.41) is 69.8. The number of imidazole rings is 1. The highest BCUT2D eigenvalue weighted by atomic mass is 32.2. The second kappa shape index (κ2) is 14.0. The van der Waals surface area contributed by atoms with E-state index in [1.807, 2.05) is 0 Å². The number of amidine groups is 1. The number of nitrogens with zero attached hydrogens (tertiary/aromatic N) is 1. The van der Waals surface area contributed by atoms with Gasteiger partial charge in [0.15, 0.2) is 6.29 Å². The van der Waals surface area contributed by atoms with Gasteiger partial charge in [0.05, 0.1) is 21.3 Å². The van der Waals surface area contributed by atoms with Gasteiger partial charge in [0, 0.05) is 28.8 Å². The Bertz CT molecular complexity index is 2230. The number of nitrogens with two attached hydrogens (primary N) is 1. The summed E-state index contributed by atoms with van der Waals surface area (Å²) in [6, 6.07) is 12.0.